The van der Waals surface area contributed by atoms with Gasteiger partial charge < -0.3 is 10.6 Å². The molecule has 20 heavy (non-hydrogen) atoms. The van der Waals surface area contributed by atoms with Crippen LogP contribution in [-0.2, 0) is 0 Å². The first-order chi connectivity index (χ1) is 9.49. The fourth-order valence-corrected chi connectivity index (χ4v) is 1.85. The number of pyridine rings is 1. The molecule has 0 radical (unpaired) electrons. The zero-order chi connectivity index (χ0) is 14.7. The largest absolute Gasteiger partial charge is 0.373 e. The molecule has 5 heteroatoms. The molecular weight excluding hydrogens is 257 g/mol. The van der Waals surface area contributed by atoms with E-state index in [0.29, 0.717) is 17.1 Å². The SMILES string of the molecule is CNc1cc(C(=O)Nc2cc(F)ccc2C)cc(C)n1. The van der Waals surface area contributed by atoms with E-state index in [1.54, 1.807) is 25.2 Å². The molecular formula is C15H16FN3O. The lowest BCUT2D eigenvalue weighted by molar-refractivity contribution is 0.102. The Labute approximate surface area is 117 Å². The molecule has 2 aromatic rings. The minimum Gasteiger partial charge on any atom is -0.373 e. The molecule has 0 saturated carbocycles. The van der Waals surface area contributed by atoms with Gasteiger partial charge in [-0.2, -0.15) is 0 Å². The summed E-state index contributed by atoms with van der Waals surface area (Å²) in [6, 6.07) is 7.63. The summed E-state index contributed by atoms with van der Waals surface area (Å²) in [5, 5.41) is 5.61. The van der Waals surface area contributed by atoms with Crippen LogP contribution < -0.4 is 10.6 Å². The summed E-state index contributed by atoms with van der Waals surface area (Å²) in [4.78, 5) is 16.4. The molecule has 104 valence electrons. The number of hydrogen-bond donors (Lipinski definition) is 2. The smallest absolute Gasteiger partial charge is 0.255 e. The van der Waals surface area contributed by atoms with Gasteiger partial charge in [-0.25, -0.2) is 9.37 Å². The van der Waals surface area contributed by atoms with Gasteiger partial charge in [-0.3, -0.25) is 4.79 Å². The van der Waals surface area contributed by atoms with Crippen LogP contribution in [0.15, 0.2) is 30.3 Å². The Balaban J connectivity index is 2.28. The van der Waals surface area contributed by atoms with Gasteiger partial charge in [-0.15, -0.1) is 0 Å². The van der Waals surface area contributed by atoms with Crippen molar-refractivity contribution in [3.8, 4) is 0 Å². The summed E-state index contributed by atoms with van der Waals surface area (Å²) < 4.78 is 13.2. The molecule has 2 N–H and O–H groups in total. The Hall–Kier alpha value is -2.43. The molecule has 1 amide bonds. The van der Waals surface area contributed by atoms with E-state index < -0.39 is 0 Å². The summed E-state index contributed by atoms with van der Waals surface area (Å²) in [7, 11) is 1.74. The predicted octanol–water partition coefficient (Wildman–Crippen LogP) is 3.13. The van der Waals surface area contributed by atoms with Gasteiger partial charge in [0.1, 0.15) is 11.6 Å². The van der Waals surface area contributed by atoms with Gasteiger partial charge in [0.15, 0.2) is 0 Å². The highest BCUT2D eigenvalue weighted by molar-refractivity contribution is 6.05. The maximum atomic E-state index is 13.2. The Kier molecular flexibility index (Phi) is 3.98. The van der Waals surface area contributed by atoms with E-state index in [-0.39, 0.29) is 11.7 Å². The highest BCUT2D eigenvalue weighted by Gasteiger charge is 2.10. The quantitative estimate of drug-likeness (QED) is 0.903. The number of rotatable bonds is 3. The molecule has 0 unspecified atom stereocenters. The van der Waals surface area contributed by atoms with Crippen molar-refractivity contribution in [2.45, 2.75) is 13.8 Å². The summed E-state index contributed by atoms with van der Waals surface area (Å²) in [6.07, 6.45) is 0. The average Bonchev–Trinajstić information content (AvgIpc) is 2.42. The summed E-state index contributed by atoms with van der Waals surface area (Å²) >= 11 is 0. The zero-order valence-electron chi connectivity index (χ0n) is 11.6. The van der Waals surface area contributed by atoms with Crippen LogP contribution in [0.2, 0.25) is 0 Å². The standard InChI is InChI=1S/C15H16FN3O/c1-9-4-5-12(16)8-13(9)19-15(20)11-6-10(2)18-14(7-11)17-3/h4-8H,1-3H3,(H,17,18)(H,19,20). The number of amides is 1. The van der Waals surface area contributed by atoms with Crippen LogP contribution in [-0.4, -0.2) is 17.9 Å². The first kappa shape index (κ1) is 14.0. The fourth-order valence-electron chi connectivity index (χ4n) is 1.85. The first-order valence-corrected chi connectivity index (χ1v) is 6.23. The van der Waals surface area contributed by atoms with Crippen LogP contribution >= 0.6 is 0 Å². The minimum absolute atomic E-state index is 0.291. The number of anilines is 2. The Morgan fingerprint density at radius 3 is 2.65 bits per heavy atom. The van der Waals surface area contributed by atoms with Gasteiger partial charge in [0, 0.05) is 24.0 Å². The van der Waals surface area contributed by atoms with Crippen LogP contribution in [0, 0.1) is 19.7 Å². The fraction of sp³-hybridized carbons (Fsp3) is 0.200. The molecule has 0 atom stereocenters. The number of halogens is 1. The number of nitrogens with zero attached hydrogens (tertiary/aromatic N) is 1. The third-order valence-electron chi connectivity index (χ3n) is 2.92. The molecule has 0 aliphatic carbocycles. The predicted molar refractivity (Wildman–Crippen MR) is 77.6 cm³/mol. The molecule has 0 saturated heterocycles. The summed E-state index contributed by atoms with van der Waals surface area (Å²) in [6.45, 7) is 3.62. The van der Waals surface area contributed by atoms with E-state index in [0.717, 1.165) is 11.3 Å². The third-order valence-corrected chi connectivity index (χ3v) is 2.92. The van der Waals surface area contributed by atoms with Crippen LogP contribution in [0.3, 0.4) is 0 Å². The number of nitrogens with one attached hydrogen (secondary N) is 2. The topological polar surface area (TPSA) is 54.0 Å². The highest BCUT2D eigenvalue weighted by atomic mass is 19.1. The van der Waals surface area contributed by atoms with Crippen molar-refractivity contribution in [2.24, 2.45) is 0 Å². The van der Waals surface area contributed by atoms with Crippen LogP contribution in [0.25, 0.3) is 0 Å². The molecule has 1 aromatic heterocycles. The molecule has 4 nitrogen and oxygen atoms in total. The Bertz CT molecular complexity index is 656. The number of benzene rings is 1. The van der Waals surface area contributed by atoms with Crippen molar-refractivity contribution in [1.82, 2.24) is 4.98 Å². The van der Waals surface area contributed by atoms with Gasteiger partial charge in [0.05, 0.1) is 0 Å². The van der Waals surface area contributed by atoms with Gasteiger partial charge in [-0.05, 0) is 43.7 Å². The number of hydrogen-bond acceptors (Lipinski definition) is 3. The monoisotopic (exact) mass is 273 g/mol. The van der Waals surface area contributed by atoms with E-state index in [1.807, 2.05) is 13.8 Å². The van der Waals surface area contributed by atoms with Crippen molar-refractivity contribution >= 4 is 17.4 Å². The Morgan fingerprint density at radius 2 is 1.95 bits per heavy atom. The van der Waals surface area contributed by atoms with Crippen molar-refractivity contribution in [3.05, 3.63) is 53.0 Å². The normalized spacial score (nSPS) is 10.2. The van der Waals surface area contributed by atoms with E-state index in [2.05, 4.69) is 15.6 Å². The summed E-state index contributed by atoms with van der Waals surface area (Å²) in [5.41, 5.74) is 2.48. The zero-order valence-corrected chi connectivity index (χ0v) is 11.6. The van der Waals surface area contributed by atoms with Gasteiger partial charge >= 0.3 is 0 Å². The molecule has 1 heterocycles. The molecule has 0 fully saturated rings. The van der Waals surface area contributed by atoms with Crippen LogP contribution in [0.5, 0.6) is 0 Å². The first-order valence-electron chi connectivity index (χ1n) is 6.23. The minimum atomic E-state index is -0.382. The van der Waals surface area contributed by atoms with E-state index in [4.69, 9.17) is 0 Å². The van der Waals surface area contributed by atoms with E-state index >= 15 is 0 Å². The second-order valence-electron chi connectivity index (χ2n) is 4.55. The summed E-state index contributed by atoms with van der Waals surface area (Å²) in [5.74, 6) is -0.0560. The van der Waals surface area contributed by atoms with Gasteiger partial charge in [0.25, 0.3) is 5.91 Å². The Morgan fingerprint density at radius 1 is 1.20 bits per heavy atom. The second kappa shape index (κ2) is 5.69. The second-order valence-corrected chi connectivity index (χ2v) is 4.55. The molecule has 2 rings (SSSR count). The lowest BCUT2D eigenvalue weighted by atomic mass is 10.1. The third kappa shape index (κ3) is 3.12. The van der Waals surface area contributed by atoms with Crippen molar-refractivity contribution in [3.63, 3.8) is 0 Å². The highest BCUT2D eigenvalue weighted by Crippen LogP contribution is 2.18. The molecule has 0 aliphatic rings. The average molecular weight is 273 g/mol. The van der Waals surface area contributed by atoms with Crippen molar-refractivity contribution in [2.75, 3.05) is 17.7 Å². The van der Waals surface area contributed by atoms with Crippen molar-refractivity contribution < 1.29 is 9.18 Å². The van der Waals surface area contributed by atoms with E-state index in [1.165, 1.54) is 12.1 Å². The van der Waals surface area contributed by atoms with Crippen LogP contribution in [0.1, 0.15) is 21.6 Å². The number of aromatic nitrogens is 1. The van der Waals surface area contributed by atoms with Gasteiger partial charge in [0.2, 0.25) is 0 Å². The molecule has 0 spiro atoms. The molecule has 0 bridgehead atoms. The lowest BCUT2D eigenvalue weighted by Crippen LogP contribution is -2.14. The van der Waals surface area contributed by atoms with Crippen molar-refractivity contribution in [1.29, 1.82) is 0 Å². The maximum absolute atomic E-state index is 13.2. The maximum Gasteiger partial charge on any atom is 0.255 e. The number of carbonyl (C=O) groups excluding carboxylic acids is 1. The molecule has 1 aromatic carbocycles. The van der Waals surface area contributed by atoms with Gasteiger partial charge in [-0.1, -0.05) is 6.07 Å². The number of aryl methyl sites for hydroxylation is 2. The number of carbonyl (C=O) groups is 1. The van der Waals surface area contributed by atoms with E-state index in [9.17, 15) is 9.18 Å². The molecule has 0 aliphatic heterocycles. The van der Waals surface area contributed by atoms with Crippen LogP contribution in [0.4, 0.5) is 15.9 Å². The lowest BCUT2D eigenvalue weighted by Gasteiger charge is -2.10.